The van der Waals surface area contributed by atoms with Gasteiger partial charge in [0, 0.05) is 12.1 Å². The van der Waals surface area contributed by atoms with Crippen molar-refractivity contribution in [1.82, 2.24) is 4.98 Å². The molecule has 0 radical (unpaired) electrons. The Labute approximate surface area is 89.2 Å². The van der Waals surface area contributed by atoms with Gasteiger partial charge < -0.3 is 5.11 Å². The summed E-state index contributed by atoms with van der Waals surface area (Å²) >= 11 is 0. The lowest BCUT2D eigenvalue weighted by Gasteiger charge is -2.23. The van der Waals surface area contributed by atoms with Gasteiger partial charge in [0.1, 0.15) is 5.69 Å². The van der Waals surface area contributed by atoms with E-state index in [9.17, 15) is 9.90 Å². The molecule has 0 aliphatic heterocycles. The highest BCUT2D eigenvalue weighted by Crippen LogP contribution is 2.26. The zero-order chi connectivity index (χ0) is 10.7. The molecule has 3 heteroatoms. The third kappa shape index (κ3) is 2.42. The summed E-state index contributed by atoms with van der Waals surface area (Å²) in [5.74, 6) is 0.186. The molecule has 1 fully saturated rings. The van der Waals surface area contributed by atoms with Crippen LogP contribution in [0, 0.1) is 5.92 Å². The fraction of sp³-hybridized carbons (Fsp3) is 0.500. The van der Waals surface area contributed by atoms with Gasteiger partial charge in [-0.1, -0.05) is 6.07 Å². The van der Waals surface area contributed by atoms with E-state index in [1.807, 2.05) is 6.07 Å². The molecule has 0 bridgehead atoms. The van der Waals surface area contributed by atoms with Gasteiger partial charge in [0.25, 0.3) is 0 Å². The molecule has 0 aromatic carbocycles. The molecule has 1 saturated carbocycles. The van der Waals surface area contributed by atoms with Crippen molar-refractivity contribution >= 4 is 5.78 Å². The maximum absolute atomic E-state index is 12.0. The fourth-order valence-electron chi connectivity index (χ4n) is 2.06. The Morgan fingerprint density at radius 3 is 2.60 bits per heavy atom. The second-order valence-corrected chi connectivity index (χ2v) is 4.08. The topological polar surface area (TPSA) is 50.2 Å². The number of nitrogens with zero attached hydrogens (tertiary/aromatic N) is 1. The van der Waals surface area contributed by atoms with Crippen LogP contribution >= 0.6 is 0 Å². The number of pyridine rings is 1. The fourth-order valence-corrected chi connectivity index (χ4v) is 2.06. The summed E-state index contributed by atoms with van der Waals surface area (Å²) < 4.78 is 0. The molecule has 0 amide bonds. The van der Waals surface area contributed by atoms with Crippen molar-refractivity contribution in [2.45, 2.75) is 31.8 Å². The molecule has 0 atom stereocenters. The number of hydrogen-bond donors (Lipinski definition) is 1. The Kier molecular flexibility index (Phi) is 3.11. The van der Waals surface area contributed by atoms with Crippen LogP contribution in [0.2, 0.25) is 0 Å². The van der Waals surface area contributed by atoms with Crippen LogP contribution in [-0.4, -0.2) is 22.0 Å². The van der Waals surface area contributed by atoms with Crippen molar-refractivity contribution in [2.75, 3.05) is 0 Å². The second kappa shape index (κ2) is 4.53. The smallest absolute Gasteiger partial charge is 0.184 e. The predicted octanol–water partition coefficient (Wildman–Crippen LogP) is 1.82. The minimum absolute atomic E-state index is 0.0586. The van der Waals surface area contributed by atoms with E-state index in [1.54, 1.807) is 18.3 Å². The van der Waals surface area contributed by atoms with Gasteiger partial charge in [0.05, 0.1) is 6.10 Å². The Hall–Kier alpha value is -1.22. The Bertz CT molecular complexity index is 329. The summed E-state index contributed by atoms with van der Waals surface area (Å²) in [4.78, 5) is 16.0. The first-order valence-corrected chi connectivity index (χ1v) is 5.40. The van der Waals surface area contributed by atoms with Crippen molar-refractivity contribution in [3.8, 4) is 0 Å². The van der Waals surface area contributed by atoms with Crippen LogP contribution in [0.4, 0.5) is 0 Å². The van der Waals surface area contributed by atoms with Gasteiger partial charge in [0.2, 0.25) is 0 Å². The van der Waals surface area contributed by atoms with Crippen LogP contribution in [0.25, 0.3) is 0 Å². The van der Waals surface area contributed by atoms with Gasteiger partial charge in [-0.15, -0.1) is 0 Å². The number of ketones is 1. The lowest BCUT2D eigenvalue weighted by atomic mass is 9.84. The third-order valence-electron chi connectivity index (χ3n) is 2.98. The molecule has 1 aromatic heterocycles. The van der Waals surface area contributed by atoms with Crippen molar-refractivity contribution < 1.29 is 9.90 Å². The van der Waals surface area contributed by atoms with Crippen LogP contribution in [0.1, 0.15) is 36.2 Å². The van der Waals surface area contributed by atoms with Gasteiger partial charge in [-0.25, -0.2) is 0 Å². The number of aliphatic hydroxyl groups excluding tert-OH is 1. The standard InChI is InChI=1S/C12H15NO2/c14-10-6-4-9(5-7-10)12(15)11-3-1-2-8-13-11/h1-3,8-10,14H,4-7H2. The van der Waals surface area contributed by atoms with Crippen LogP contribution in [0.15, 0.2) is 24.4 Å². The molecule has 0 spiro atoms. The molecule has 1 heterocycles. The van der Waals surface area contributed by atoms with E-state index < -0.39 is 0 Å². The quantitative estimate of drug-likeness (QED) is 0.749. The van der Waals surface area contributed by atoms with Crippen molar-refractivity contribution in [3.63, 3.8) is 0 Å². The highest BCUT2D eigenvalue weighted by molar-refractivity contribution is 5.96. The first-order valence-electron chi connectivity index (χ1n) is 5.40. The number of carbonyl (C=O) groups is 1. The van der Waals surface area contributed by atoms with Crippen molar-refractivity contribution in [3.05, 3.63) is 30.1 Å². The van der Waals surface area contributed by atoms with Crippen molar-refractivity contribution in [2.24, 2.45) is 5.92 Å². The van der Waals surface area contributed by atoms with E-state index in [2.05, 4.69) is 4.98 Å². The normalized spacial score (nSPS) is 26.2. The summed E-state index contributed by atoms with van der Waals surface area (Å²) in [6.45, 7) is 0. The van der Waals surface area contributed by atoms with Gasteiger partial charge in [-0.2, -0.15) is 0 Å². The number of Topliss-reactive ketones (excluding diaryl/α,β-unsaturated/α-hetero) is 1. The average Bonchev–Trinajstić information content (AvgIpc) is 2.30. The van der Waals surface area contributed by atoms with Crippen LogP contribution < -0.4 is 0 Å². The Balaban J connectivity index is 2.03. The number of rotatable bonds is 2. The SMILES string of the molecule is O=C(c1ccccn1)C1CCC(O)CC1. The number of aromatic nitrogens is 1. The monoisotopic (exact) mass is 205 g/mol. The third-order valence-corrected chi connectivity index (χ3v) is 2.98. The van der Waals surface area contributed by atoms with E-state index in [0.29, 0.717) is 5.69 Å². The summed E-state index contributed by atoms with van der Waals surface area (Å²) in [5, 5.41) is 9.35. The van der Waals surface area contributed by atoms with E-state index in [0.717, 1.165) is 25.7 Å². The minimum atomic E-state index is -0.210. The van der Waals surface area contributed by atoms with E-state index in [1.165, 1.54) is 0 Å². The molecular weight excluding hydrogens is 190 g/mol. The largest absolute Gasteiger partial charge is 0.393 e. The average molecular weight is 205 g/mol. The summed E-state index contributed by atoms with van der Waals surface area (Å²) in [6.07, 6.45) is 4.49. The van der Waals surface area contributed by atoms with Crippen LogP contribution in [-0.2, 0) is 0 Å². The number of carbonyl (C=O) groups excluding carboxylic acids is 1. The number of hydrogen-bond acceptors (Lipinski definition) is 3. The Morgan fingerprint density at radius 2 is 2.00 bits per heavy atom. The highest BCUT2D eigenvalue weighted by atomic mass is 16.3. The van der Waals surface area contributed by atoms with E-state index >= 15 is 0 Å². The molecule has 1 aliphatic rings. The molecule has 15 heavy (non-hydrogen) atoms. The highest BCUT2D eigenvalue weighted by Gasteiger charge is 2.26. The van der Waals surface area contributed by atoms with Gasteiger partial charge in [-0.3, -0.25) is 9.78 Å². The minimum Gasteiger partial charge on any atom is -0.393 e. The van der Waals surface area contributed by atoms with Crippen LogP contribution in [0.5, 0.6) is 0 Å². The molecule has 0 unspecified atom stereocenters. The molecule has 80 valence electrons. The predicted molar refractivity (Wildman–Crippen MR) is 56.5 cm³/mol. The van der Waals surface area contributed by atoms with Gasteiger partial charge in [0.15, 0.2) is 5.78 Å². The second-order valence-electron chi connectivity index (χ2n) is 4.08. The molecule has 1 aromatic rings. The zero-order valence-corrected chi connectivity index (χ0v) is 8.60. The summed E-state index contributed by atoms with van der Waals surface area (Å²) in [6, 6.07) is 5.40. The molecule has 1 N–H and O–H groups in total. The first kappa shape index (κ1) is 10.3. The Morgan fingerprint density at radius 1 is 1.27 bits per heavy atom. The van der Waals surface area contributed by atoms with E-state index in [-0.39, 0.29) is 17.8 Å². The molecule has 0 saturated heterocycles. The maximum Gasteiger partial charge on any atom is 0.184 e. The zero-order valence-electron chi connectivity index (χ0n) is 8.60. The van der Waals surface area contributed by atoms with Crippen LogP contribution in [0.3, 0.4) is 0 Å². The first-order chi connectivity index (χ1) is 7.27. The van der Waals surface area contributed by atoms with Crippen molar-refractivity contribution in [1.29, 1.82) is 0 Å². The number of aliphatic hydroxyl groups is 1. The molecule has 2 rings (SSSR count). The molecule has 1 aliphatic carbocycles. The maximum atomic E-state index is 12.0. The summed E-state index contributed by atoms with van der Waals surface area (Å²) in [5.41, 5.74) is 0.555. The van der Waals surface area contributed by atoms with E-state index in [4.69, 9.17) is 0 Å². The molecule has 3 nitrogen and oxygen atoms in total. The summed E-state index contributed by atoms with van der Waals surface area (Å²) in [7, 11) is 0. The van der Waals surface area contributed by atoms with Gasteiger partial charge >= 0.3 is 0 Å². The lowest BCUT2D eigenvalue weighted by molar-refractivity contribution is 0.0760. The van der Waals surface area contributed by atoms with Gasteiger partial charge in [-0.05, 0) is 37.8 Å². The lowest BCUT2D eigenvalue weighted by Crippen LogP contribution is -2.24. The molecular formula is C12H15NO2.